The number of hydrogen-bond acceptors (Lipinski definition) is 3. The molecule has 3 amide bonds. The lowest BCUT2D eigenvalue weighted by atomic mass is 10.1. The zero-order valence-electron chi connectivity index (χ0n) is 16.4. The first-order chi connectivity index (χ1) is 13.0. The van der Waals surface area contributed by atoms with E-state index in [1.165, 1.54) is 0 Å². The van der Waals surface area contributed by atoms with Crippen molar-refractivity contribution in [2.24, 2.45) is 0 Å². The van der Waals surface area contributed by atoms with Gasteiger partial charge in [-0.1, -0.05) is 43.9 Å². The van der Waals surface area contributed by atoms with E-state index in [0.717, 1.165) is 44.1 Å². The van der Waals surface area contributed by atoms with Gasteiger partial charge in [0.15, 0.2) is 0 Å². The Morgan fingerprint density at radius 1 is 1.04 bits per heavy atom. The Morgan fingerprint density at radius 2 is 1.74 bits per heavy atom. The Hall–Kier alpha value is -2.37. The fourth-order valence-corrected chi connectivity index (χ4v) is 2.89. The Bertz CT molecular complexity index is 639. The molecule has 1 saturated carbocycles. The summed E-state index contributed by atoms with van der Waals surface area (Å²) >= 11 is 0. The fraction of sp³-hybridized carbons (Fsp3) is 0.571. The molecule has 2 N–H and O–H groups in total. The predicted molar refractivity (Wildman–Crippen MR) is 106 cm³/mol. The third kappa shape index (κ3) is 7.81. The molecular weight excluding hydrogens is 342 g/mol. The number of nitrogens with one attached hydrogen (secondary N) is 2. The van der Waals surface area contributed by atoms with E-state index >= 15 is 0 Å². The van der Waals surface area contributed by atoms with Crippen LogP contribution >= 0.6 is 0 Å². The molecule has 0 radical (unpaired) electrons. The lowest BCUT2D eigenvalue weighted by Crippen LogP contribution is -2.43. The number of hydrogen-bond donors (Lipinski definition) is 2. The predicted octanol–water partition coefficient (Wildman–Crippen LogP) is 3.01. The van der Waals surface area contributed by atoms with Crippen molar-refractivity contribution in [1.29, 1.82) is 0 Å². The van der Waals surface area contributed by atoms with Gasteiger partial charge >= 0.3 is 0 Å². The van der Waals surface area contributed by atoms with Gasteiger partial charge in [-0.05, 0) is 38.3 Å². The van der Waals surface area contributed by atoms with Crippen LogP contribution in [-0.4, -0.2) is 41.8 Å². The highest BCUT2D eigenvalue weighted by molar-refractivity contribution is 5.95. The molecule has 1 aromatic carbocycles. The van der Waals surface area contributed by atoms with Gasteiger partial charge in [0.2, 0.25) is 17.7 Å². The first-order valence-electron chi connectivity index (χ1n) is 9.92. The lowest BCUT2D eigenvalue weighted by molar-refractivity contribution is -0.136. The highest BCUT2D eigenvalue weighted by Gasteiger charge is 2.33. The molecule has 1 aliphatic carbocycles. The zero-order chi connectivity index (χ0) is 19.6. The van der Waals surface area contributed by atoms with Gasteiger partial charge < -0.3 is 15.5 Å². The molecule has 148 valence electrons. The van der Waals surface area contributed by atoms with Gasteiger partial charge in [-0.25, -0.2) is 0 Å². The first kappa shape index (κ1) is 20.9. The quantitative estimate of drug-likeness (QED) is 0.585. The van der Waals surface area contributed by atoms with Crippen molar-refractivity contribution in [1.82, 2.24) is 10.2 Å². The van der Waals surface area contributed by atoms with E-state index in [0.29, 0.717) is 12.1 Å². The van der Waals surface area contributed by atoms with Crippen LogP contribution in [-0.2, 0) is 14.4 Å². The summed E-state index contributed by atoms with van der Waals surface area (Å²) < 4.78 is 0. The average Bonchev–Trinajstić information content (AvgIpc) is 3.48. The second-order valence-corrected chi connectivity index (χ2v) is 7.25. The van der Waals surface area contributed by atoms with E-state index in [9.17, 15) is 14.4 Å². The normalized spacial score (nSPS) is 13.1. The van der Waals surface area contributed by atoms with Gasteiger partial charge in [-0.2, -0.15) is 0 Å². The summed E-state index contributed by atoms with van der Waals surface area (Å²) in [7, 11) is 0. The molecule has 6 nitrogen and oxygen atoms in total. The summed E-state index contributed by atoms with van der Waals surface area (Å²) in [6.07, 6.45) is 6.60. The third-order valence-corrected chi connectivity index (χ3v) is 4.65. The Labute approximate surface area is 161 Å². The van der Waals surface area contributed by atoms with Crippen molar-refractivity contribution in [2.45, 2.75) is 64.8 Å². The summed E-state index contributed by atoms with van der Waals surface area (Å²) in [6, 6.07) is 7.65. The van der Waals surface area contributed by atoms with Crippen LogP contribution in [0.4, 0.5) is 5.69 Å². The maximum atomic E-state index is 12.4. The fourth-order valence-electron chi connectivity index (χ4n) is 2.89. The molecule has 0 heterocycles. The number of nitrogens with zero attached hydrogens (tertiary/aromatic N) is 1. The van der Waals surface area contributed by atoms with Gasteiger partial charge in [-0.3, -0.25) is 14.4 Å². The minimum absolute atomic E-state index is 0.0368. The minimum Gasteiger partial charge on any atom is -0.345 e. The van der Waals surface area contributed by atoms with Crippen LogP contribution in [0.3, 0.4) is 0 Å². The highest BCUT2D eigenvalue weighted by Crippen LogP contribution is 2.27. The molecule has 2 rings (SSSR count). The second kappa shape index (κ2) is 10.7. The number of carbonyl (C=O) groups excluding carboxylic acids is 3. The van der Waals surface area contributed by atoms with Crippen molar-refractivity contribution in [3.8, 4) is 0 Å². The molecule has 0 unspecified atom stereocenters. The zero-order valence-corrected chi connectivity index (χ0v) is 16.4. The van der Waals surface area contributed by atoms with Crippen molar-refractivity contribution < 1.29 is 14.4 Å². The van der Waals surface area contributed by atoms with Crippen molar-refractivity contribution >= 4 is 23.4 Å². The summed E-state index contributed by atoms with van der Waals surface area (Å²) in [4.78, 5) is 38.2. The van der Waals surface area contributed by atoms with Crippen LogP contribution in [0.25, 0.3) is 0 Å². The van der Waals surface area contributed by atoms with E-state index in [2.05, 4.69) is 17.6 Å². The van der Waals surface area contributed by atoms with E-state index in [1.807, 2.05) is 31.2 Å². The molecule has 1 fully saturated rings. The largest absolute Gasteiger partial charge is 0.345 e. The molecule has 6 heteroatoms. The van der Waals surface area contributed by atoms with Crippen molar-refractivity contribution in [2.75, 3.05) is 18.4 Å². The van der Waals surface area contributed by atoms with Gasteiger partial charge in [0.05, 0.1) is 13.1 Å². The molecule has 1 aliphatic rings. The van der Waals surface area contributed by atoms with Crippen molar-refractivity contribution in [3.05, 3.63) is 29.8 Å². The van der Waals surface area contributed by atoms with Gasteiger partial charge in [0.1, 0.15) is 0 Å². The molecule has 0 spiro atoms. The smallest absolute Gasteiger partial charge is 0.243 e. The van der Waals surface area contributed by atoms with Gasteiger partial charge in [0.25, 0.3) is 0 Å². The highest BCUT2D eigenvalue weighted by atomic mass is 16.2. The number of carbonyl (C=O) groups is 3. The number of anilines is 1. The molecule has 0 aliphatic heterocycles. The maximum absolute atomic E-state index is 12.4. The van der Waals surface area contributed by atoms with Crippen LogP contribution in [0.5, 0.6) is 0 Å². The Balaban J connectivity index is 1.72. The molecule has 0 aromatic heterocycles. The number of aryl methyl sites for hydroxylation is 1. The van der Waals surface area contributed by atoms with E-state index in [-0.39, 0.29) is 36.9 Å². The van der Waals surface area contributed by atoms with Crippen LogP contribution in [0.1, 0.15) is 57.4 Å². The van der Waals surface area contributed by atoms with Crippen LogP contribution < -0.4 is 10.6 Å². The molecule has 0 bridgehead atoms. The minimum atomic E-state index is -0.289. The molecule has 0 saturated heterocycles. The lowest BCUT2D eigenvalue weighted by Gasteiger charge is -2.22. The van der Waals surface area contributed by atoms with E-state index in [1.54, 1.807) is 4.90 Å². The Morgan fingerprint density at radius 3 is 2.37 bits per heavy atom. The third-order valence-electron chi connectivity index (χ3n) is 4.65. The van der Waals surface area contributed by atoms with Gasteiger partial charge in [-0.15, -0.1) is 0 Å². The summed E-state index contributed by atoms with van der Waals surface area (Å²) in [6.45, 7) is 4.05. The van der Waals surface area contributed by atoms with Gasteiger partial charge in [0, 0.05) is 18.2 Å². The van der Waals surface area contributed by atoms with Crippen LogP contribution in [0.2, 0.25) is 0 Å². The maximum Gasteiger partial charge on any atom is 0.243 e. The first-order valence-corrected chi connectivity index (χ1v) is 9.92. The number of benzene rings is 1. The van der Waals surface area contributed by atoms with Crippen molar-refractivity contribution in [3.63, 3.8) is 0 Å². The second-order valence-electron chi connectivity index (χ2n) is 7.25. The summed E-state index contributed by atoms with van der Waals surface area (Å²) in [5.74, 6) is -0.521. The molecule has 0 atom stereocenters. The molecule has 27 heavy (non-hydrogen) atoms. The monoisotopic (exact) mass is 373 g/mol. The Kier molecular flexibility index (Phi) is 8.30. The van der Waals surface area contributed by atoms with E-state index in [4.69, 9.17) is 0 Å². The SMILES string of the molecule is CCCCCCC(=O)N(CC(=O)NCC(=O)Nc1ccc(C)cc1)C1CC1. The molecular formula is C21H31N3O3. The average molecular weight is 373 g/mol. The van der Waals surface area contributed by atoms with E-state index < -0.39 is 0 Å². The number of amides is 3. The topological polar surface area (TPSA) is 78.5 Å². The summed E-state index contributed by atoms with van der Waals surface area (Å²) in [5, 5.41) is 5.35. The van der Waals surface area contributed by atoms with Crippen LogP contribution in [0, 0.1) is 6.92 Å². The number of unbranched alkanes of at least 4 members (excludes halogenated alkanes) is 3. The summed E-state index contributed by atoms with van der Waals surface area (Å²) in [5.41, 5.74) is 1.81. The number of rotatable bonds is 11. The van der Waals surface area contributed by atoms with Crippen LogP contribution in [0.15, 0.2) is 24.3 Å². The molecule has 1 aromatic rings. The standard InChI is InChI=1S/C21H31N3O3/c1-3-4-5-6-7-21(27)24(18-12-13-18)15-20(26)22-14-19(25)23-17-10-8-16(2)9-11-17/h8-11,18H,3-7,12-15H2,1-2H3,(H,22,26)(H,23,25).